The minimum Gasteiger partial charge on any atom is -0.459 e. The van der Waals surface area contributed by atoms with Crippen LogP contribution in [0.15, 0.2) is 12.2 Å². The van der Waals surface area contributed by atoms with Crippen molar-refractivity contribution in [3.63, 3.8) is 0 Å². The fraction of sp³-hybridized carbons (Fsp3) is 0.900. The second-order valence-electron chi connectivity index (χ2n) is 12.6. The Kier molecular flexibility index (Phi) is 8.99. The monoisotopic (exact) mass is 457 g/mol. The van der Waals surface area contributed by atoms with Gasteiger partial charge in [0.05, 0.1) is 0 Å². The van der Waals surface area contributed by atoms with Gasteiger partial charge in [-0.15, -0.1) is 0 Å². The number of hydrogen-bond donors (Lipinski definition) is 0. The molecule has 0 aliphatic heterocycles. The lowest BCUT2D eigenvalue weighted by Gasteiger charge is -2.50. The van der Waals surface area contributed by atoms with E-state index in [2.05, 4.69) is 25.3 Å². The number of nitrogens with zero attached hydrogens (tertiary/aromatic N) is 1. The summed E-state index contributed by atoms with van der Waals surface area (Å²) >= 11 is 0. The maximum absolute atomic E-state index is 12.0. The van der Waals surface area contributed by atoms with E-state index < -0.39 is 0 Å². The summed E-state index contributed by atoms with van der Waals surface area (Å²) in [4.78, 5) is 15.1. The summed E-state index contributed by atoms with van der Waals surface area (Å²) < 4.78 is 5.76. The second kappa shape index (κ2) is 11.7. The Balaban J connectivity index is 1.34. The van der Waals surface area contributed by atoms with Gasteiger partial charge in [0.2, 0.25) is 0 Å². The van der Waals surface area contributed by atoms with Crippen LogP contribution >= 0.6 is 0 Å². The number of esters is 1. The van der Waals surface area contributed by atoms with Gasteiger partial charge < -0.3 is 4.74 Å². The lowest BCUT2D eigenvalue weighted by molar-refractivity contribution is -0.146. The molecule has 0 spiro atoms. The predicted molar refractivity (Wildman–Crippen MR) is 137 cm³/mol. The Hall–Kier alpha value is -0.830. The molecule has 2 atom stereocenters. The van der Waals surface area contributed by atoms with E-state index in [-0.39, 0.29) is 12.1 Å². The van der Waals surface area contributed by atoms with Crippen molar-refractivity contribution in [3.05, 3.63) is 12.2 Å². The molecule has 4 rings (SSSR count). The maximum Gasteiger partial charge on any atom is 0.333 e. The maximum atomic E-state index is 12.0. The summed E-state index contributed by atoms with van der Waals surface area (Å²) in [6, 6.07) is 2.52. The van der Waals surface area contributed by atoms with Crippen LogP contribution in [0.3, 0.4) is 0 Å². The van der Waals surface area contributed by atoms with Gasteiger partial charge in [0.15, 0.2) is 0 Å². The zero-order valence-electron chi connectivity index (χ0n) is 21.9. The van der Waals surface area contributed by atoms with Gasteiger partial charge >= 0.3 is 5.97 Å². The van der Waals surface area contributed by atoms with E-state index in [9.17, 15) is 4.79 Å². The first-order valence-electron chi connectivity index (χ1n) is 14.5. The van der Waals surface area contributed by atoms with E-state index in [1.54, 1.807) is 6.92 Å². The smallest absolute Gasteiger partial charge is 0.333 e. The molecule has 0 amide bonds. The first-order valence-corrected chi connectivity index (χ1v) is 14.5. The van der Waals surface area contributed by atoms with Crippen molar-refractivity contribution >= 4 is 5.97 Å². The van der Waals surface area contributed by atoms with Crippen LogP contribution in [0.25, 0.3) is 0 Å². The van der Waals surface area contributed by atoms with Crippen LogP contribution in [0.1, 0.15) is 124 Å². The van der Waals surface area contributed by atoms with Crippen LogP contribution in [0.2, 0.25) is 0 Å². The minimum absolute atomic E-state index is 0.121. The van der Waals surface area contributed by atoms with Gasteiger partial charge in [-0.05, 0) is 133 Å². The number of hydrogen-bond acceptors (Lipinski definition) is 3. The van der Waals surface area contributed by atoms with Crippen molar-refractivity contribution in [1.82, 2.24) is 4.90 Å². The molecule has 4 aliphatic carbocycles. The first-order chi connectivity index (χ1) is 15.9. The van der Waals surface area contributed by atoms with Gasteiger partial charge in [-0.25, -0.2) is 4.79 Å². The van der Waals surface area contributed by atoms with Crippen molar-refractivity contribution in [2.45, 2.75) is 148 Å². The van der Waals surface area contributed by atoms with Crippen LogP contribution in [-0.2, 0) is 9.53 Å². The Morgan fingerprint density at radius 1 is 0.697 bits per heavy atom. The molecule has 0 aromatic rings. The van der Waals surface area contributed by atoms with E-state index in [0.717, 1.165) is 54.6 Å². The van der Waals surface area contributed by atoms with E-state index in [4.69, 9.17) is 4.74 Å². The van der Waals surface area contributed by atoms with Gasteiger partial charge in [-0.2, -0.15) is 0 Å². The summed E-state index contributed by atoms with van der Waals surface area (Å²) in [5, 5.41) is 0. The fourth-order valence-electron chi connectivity index (χ4n) is 7.82. The number of ether oxygens (including phenoxy) is 1. The number of rotatable bonds is 6. The summed E-state index contributed by atoms with van der Waals surface area (Å²) in [7, 11) is 0. The fourth-order valence-corrected chi connectivity index (χ4v) is 7.82. The molecule has 0 aromatic carbocycles. The van der Waals surface area contributed by atoms with E-state index in [1.165, 1.54) is 89.9 Å². The Morgan fingerprint density at radius 3 is 1.67 bits per heavy atom. The van der Waals surface area contributed by atoms with E-state index >= 15 is 0 Å². The molecule has 2 unspecified atom stereocenters. The van der Waals surface area contributed by atoms with Crippen LogP contribution in [-0.4, -0.2) is 35.1 Å². The largest absolute Gasteiger partial charge is 0.459 e. The Morgan fingerprint density at radius 2 is 1.18 bits per heavy atom. The Labute approximate surface area is 204 Å². The summed E-state index contributed by atoms with van der Waals surface area (Å²) in [5.41, 5.74) is 0.534. The Bertz CT molecular complexity index is 614. The molecule has 3 heteroatoms. The molecule has 3 nitrogen and oxygen atoms in total. The zero-order valence-corrected chi connectivity index (χ0v) is 21.9. The molecular weight excluding hydrogens is 406 g/mol. The highest BCUT2D eigenvalue weighted by Crippen LogP contribution is 2.43. The molecule has 0 heterocycles. The highest BCUT2D eigenvalue weighted by molar-refractivity contribution is 5.87. The van der Waals surface area contributed by atoms with Crippen molar-refractivity contribution in [2.24, 2.45) is 23.7 Å². The topological polar surface area (TPSA) is 29.5 Å². The molecule has 188 valence electrons. The normalized spacial score (nSPS) is 40.4. The van der Waals surface area contributed by atoms with Gasteiger partial charge in [0.25, 0.3) is 0 Å². The molecule has 0 radical (unpaired) electrons. The van der Waals surface area contributed by atoms with Crippen LogP contribution in [0.5, 0.6) is 0 Å². The highest BCUT2D eigenvalue weighted by atomic mass is 16.5. The third-order valence-electron chi connectivity index (χ3n) is 9.93. The minimum atomic E-state index is -0.191. The van der Waals surface area contributed by atoms with Gasteiger partial charge in [-0.1, -0.05) is 20.4 Å². The van der Waals surface area contributed by atoms with Gasteiger partial charge in [0, 0.05) is 23.7 Å². The SMILES string of the molecule is C=C(C)C(=O)OC1CCCC(C2CCC(N(C3CCC(C)CC3)C3CCC(C)CC3)CC2)C1. The average molecular weight is 458 g/mol. The van der Waals surface area contributed by atoms with Gasteiger partial charge in [0.1, 0.15) is 6.10 Å². The first kappa shape index (κ1) is 25.3. The molecule has 0 saturated heterocycles. The van der Waals surface area contributed by atoms with Crippen molar-refractivity contribution in [3.8, 4) is 0 Å². The van der Waals surface area contributed by atoms with Crippen molar-refractivity contribution in [1.29, 1.82) is 0 Å². The second-order valence-corrected chi connectivity index (χ2v) is 12.6. The zero-order chi connectivity index (χ0) is 23.4. The van der Waals surface area contributed by atoms with E-state index in [0.29, 0.717) is 5.57 Å². The molecule has 4 fully saturated rings. The van der Waals surface area contributed by atoms with Crippen molar-refractivity contribution < 1.29 is 9.53 Å². The van der Waals surface area contributed by atoms with Crippen LogP contribution < -0.4 is 0 Å². The summed E-state index contributed by atoms with van der Waals surface area (Å²) in [5.74, 6) is 3.27. The quantitative estimate of drug-likeness (QED) is 0.302. The molecule has 0 bridgehead atoms. The molecule has 0 aromatic heterocycles. The third-order valence-corrected chi connectivity index (χ3v) is 9.93. The molecular formula is C30H51NO2. The average Bonchev–Trinajstić information content (AvgIpc) is 2.82. The number of carbonyl (C=O) groups excluding carboxylic acids is 1. The van der Waals surface area contributed by atoms with Gasteiger partial charge in [-0.3, -0.25) is 4.90 Å². The number of carbonyl (C=O) groups is 1. The third kappa shape index (κ3) is 6.65. The van der Waals surface area contributed by atoms with Crippen LogP contribution in [0, 0.1) is 23.7 Å². The molecule has 0 N–H and O–H groups in total. The molecule has 4 aliphatic rings. The standard InChI is InChI=1S/C30H51NO2/c1-21(2)30(32)33-29-7-5-6-25(20-29)24-12-18-28(19-13-24)31(26-14-8-22(3)9-15-26)27-16-10-23(4)11-17-27/h22-29H,1,5-20H2,2-4H3. The highest BCUT2D eigenvalue weighted by Gasteiger charge is 2.39. The predicted octanol–water partition coefficient (Wildman–Crippen LogP) is 7.68. The molecule has 33 heavy (non-hydrogen) atoms. The lowest BCUT2D eigenvalue weighted by Crippen LogP contribution is -2.53. The van der Waals surface area contributed by atoms with E-state index in [1.807, 2.05) is 0 Å². The summed E-state index contributed by atoms with van der Waals surface area (Å²) in [6.45, 7) is 10.4. The lowest BCUT2D eigenvalue weighted by atomic mass is 9.71. The van der Waals surface area contributed by atoms with Crippen molar-refractivity contribution in [2.75, 3.05) is 0 Å². The summed E-state index contributed by atoms with van der Waals surface area (Å²) in [6.07, 6.45) is 21.9. The van der Waals surface area contributed by atoms with Crippen LogP contribution in [0.4, 0.5) is 0 Å². The molecule has 4 saturated carbocycles.